The Morgan fingerprint density at radius 3 is 2.71 bits per heavy atom. The average Bonchev–Trinajstić information content (AvgIpc) is 2.49. The maximum Gasteiger partial charge on any atom is 0.356 e. The van der Waals surface area contributed by atoms with Crippen LogP contribution in [0.15, 0.2) is 52.2 Å². The van der Waals surface area contributed by atoms with Crippen LogP contribution in [-0.4, -0.2) is 36.9 Å². The number of carboxylic acids is 1. The lowest BCUT2D eigenvalue weighted by Gasteiger charge is -2.03. The zero-order valence-electron chi connectivity index (χ0n) is 11.8. The van der Waals surface area contributed by atoms with Crippen molar-refractivity contribution in [3.8, 4) is 0 Å². The summed E-state index contributed by atoms with van der Waals surface area (Å²) in [7, 11) is 0. The molecule has 0 spiro atoms. The number of aliphatic carboxylic acids is 1. The summed E-state index contributed by atoms with van der Waals surface area (Å²) in [6.07, 6.45) is 3.67. The second-order valence-corrected chi connectivity index (χ2v) is 3.87. The molecular formula is C15H18N2O4. The molecule has 0 aliphatic heterocycles. The van der Waals surface area contributed by atoms with Crippen LogP contribution in [0.4, 0.5) is 0 Å². The number of nitrogens with zero attached hydrogens (tertiary/aromatic N) is 2. The van der Waals surface area contributed by atoms with Crippen molar-refractivity contribution >= 4 is 18.6 Å². The van der Waals surface area contributed by atoms with E-state index in [1.807, 2.05) is 30.3 Å². The highest BCUT2D eigenvalue weighted by atomic mass is 16.5. The molecule has 0 fully saturated rings. The molecule has 112 valence electrons. The second kappa shape index (κ2) is 10.3. The molecule has 0 atom stereocenters. The van der Waals surface area contributed by atoms with Gasteiger partial charge in [0.1, 0.15) is 6.61 Å². The molecule has 0 aliphatic carbocycles. The normalized spacial score (nSPS) is 12.1. The maximum atomic E-state index is 10.7. The second-order valence-electron chi connectivity index (χ2n) is 3.87. The van der Waals surface area contributed by atoms with Crippen LogP contribution in [-0.2, 0) is 20.9 Å². The van der Waals surface area contributed by atoms with Gasteiger partial charge in [0.2, 0.25) is 0 Å². The van der Waals surface area contributed by atoms with E-state index in [-0.39, 0.29) is 5.70 Å². The summed E-state index contributed by atoms with van der Waals surface area (Å²) in [5, 5.41) is 8.77. The average molecular weight is 290 g/mol. The van der Waals surface area contributed by atoms with Gasteiger partial charge in [-0.15, -0.1) is 0 Å². The van der Waals surface area contributed by atoms with Crippen molar-refractivity contribution in [1.29, 1.82) is 0 Å². The van der Waals surface area contributed by atoms with E-state index in [1.165, 1.54) is 12.6 Å². The molecule has 6 heteroatoms. The van der Waals surface area contributed by atoms with E-state index in [0.717, 1.165) is 11.8 Å². The summed E-state index contributed by atoms with van der Waals surface area (Å²) < 4.78 is 10.5. The Hall–Kier alpha value is -2.47. The molecule has 0 saturated carbocycles. The van der Waals surface area contributed by atoms with Gasteiger partial charge in [0.25, 0.3) is 0 Å². The summed E-state index contributed by atoms with van der Waals surface area (Å²) in [5.41, 5.74) is 0.940. The van der Waals surface area contributed by atoms with E-state index in [1.54, 1.807) is 6.92 Å². The van der Waals surface area contributed by atoms with Crippen LogP contribution >= 0.6 is 0 Å². The van der Waals surface area contributed by atoms with Crippen molar-refractivity contribution in [3.63, 3.8) is 0 Å². The summed E-state index contributed by atoms with van der Waals surface area (Å²) in [4.78, 5) is 18.1. The molecule has 1 aromatic carbocycles. The molecule has 0 aromatic heterocycles. The van der Waals surface area contributed by atoms with Crippen LogP contribution in [0.25, 0.3) is 0 Å². The van der Waals surface area contributed by atoms with E-state index in [2.05, 4.69) is 9.98 Å². The molecular weight excluding hydrogens is 272 g/mol. The molecule has 0 aliphatic rings. The summed E-state index contributed by atoms with van der Waals surface area (Å²) >= 11 is 0. The first-order valence-corrected chi connectivity index (χ1v) is 6.41. The van der Waals surface area contributed by atoms with Crippen molar-refractivity contribution in [2.24, 2.45) is 9.98 Å². The van der Waals surface area contributed by atoms with Crippen LogP contribution in [0.5, 0.6) is 0 Å². The first kappa shape index (κ1) is 16.6. The van der Waals surface area contributed by atoms with E-state index < -0.39 is 5.97 Å². The minimum Gasteiger partial charge on any atom is -0.481 e. The third-order valence-corrected chi connectivity index (χ3v) is 2.28. The van der Waals surface area contributed by atoms with Crippen LogP contribution in [0, 0.1) is 0 Å². The Labute approximate surface area is 123 Å². The Morgan fingerprint density at radius 2 is 2.05 bits per heavy atom. The molecule has 1 rings (SSSR count). The highest BCUT2D eigenvalue weighted by molar-refractivity contribution is 5.88. The van der Waals surface area contributed by atoms with Crippen molar-refractivity contribution in [1.82, 2.24) is 0 Å². The van der Waals surface area contributed by atoms with Gasteiger partial charge in [-0.3, -0.25) is 4.99 Å². The topological polar surface area (TPSA) is 80.5 Å². The standard InChI is InChI=1S/C15H18N2O4/c1-2-17-14(15(18)19)10-16-12-21-9-8-20-11-13-6-4-3-5-7-13/h2-7,10,12H,8-9,11H2,1H3,(H,18,19). The van der Waals surface area contributed by atoms with Gasteiger partial charge in [-0.1, -0.05) is 30.3 Å². The predicted molar refractivity (Wildman–Crippen MR) is 80.4 cm³/mol. The quantitative estimate of drug-likeness (QED) is 0.327. The summed E-state index contributed by atoms with van der Waals surface area (Å²) in [5.74, 6) is -1.14. The zero-order chi connectivity index (χ0) is 15.3. The van der Waals surface area contributed by atoms with Crippen molar-refractivity contribution < 1.29 is 19.4 Å². The van der Waals surface area contributed by atoms with E-state index in [4.69, 9.17) is 14.6 Å². The third-order valence-electron chi connectivity index (χ3n) is 2.28. The van der Waals surface area contributed by atoms with E-state index in [0.29, 0.717) is 19.8 Å². The van der Waals surface area contributed by atoms with Crippen LogP contribution in [0.1, 0.15) is 12.5 Å². The molecule has 0 heterocycles. The van der Waals surface area contributed by atoms with Crippen LogP contribution < -0.4 is 0 Å². The summed E-state index contributed by atoms with van der Waals surface area (Å²) in [6.45, 7) is 2.91. The first-order valence-electron chi connectivity index (χ1n) is 6.41. The van der Waals surface area contributed by atoms with Crippen LogP contribution in [0.2, 0.25) is 0 Å². The largest absolute Gasteiger partial charge is 0.481 e. The molecule has 0 radical (unpaired) electrons. The Kier molecular flexibility index (Phi) is 8.16. The number of benzene rings is 1. The fourth-order valence-electron chi connectivity index (χ4n) is 1.35. The Balaban J connectivity index is 2.17. The summed E-state index contributed by atoms with van der Waals surface area (Å²) in [6, 6.07) is 9.81. The van der Waals surface area contributed by atoms with Gasteiger partial charge in [0.05, 0.1) is 19.4 Å². The van der Waals surface area contributed by atoms with Crippen molar-refractivity contribution in [3.05, 3.63) is 47.8 Å². The fourth-order valence-corrected chi connectivity index (χ4v) is 1.35. The number of aliphatic imine (C=N–C) groups is 2. The number of hydrogen-bond acceptors (Lipinski definition) is 5. The van der Waals surface area contributed by atoms with Crippen molar-refractivity contribution in [2.45, 2.75) is 13.5 Å². The lowest BCUT2D eigenvalue weighted by atomic mass is 10.2. The number of carboxylic acid groups (broad SMARTS) is 1. The van der Waals surface area contributed by atoms with Gasteiger partial charge in [0.15, 0.2) is 12.1 Å². The van der Waals surface area contributed by atoms with Crippen molar-refractivity contribution in [2.75, 3.05) is 13.2 Å². The Morgan fingerprint density at radius 1 is 1.29 bits per heavy atom. The van der Waals surface area contributed by atoms with E-state index in [9.17, 15) is 4.79 Å². The maximum absolute atomic E-state index is 10.7. The monoisotopic (exact) mass is 290 g/mol. The highest BCUT2D eigenvalue weighted by Gasteiger charge is 2.02. The fraction of sp³-hybridized carbons (Fsp3) is 0.267. The van der Waals surface area contributed by atoms with E-state index >= 15 is 0 Å². The number of rotatable bonds is 9. The smallest absolute Gasteiger partial charge is 0.356 e. The zero-order valence-corrected chi connectivity index (χ0v) is 11.8. The molecule has 0 amide bonds. The lowest BCUT2D eigenvalue weighted by molar-refractivity contribution is -0.132. The van der Waals surface area contributed by atoms with Gasteiger partial charge in [0, 0.05) is 6.21 Å². The molecule has 1 aromatic rings. The molecule has 21 heavy (non-hydrogen) atoms. The predicted octanol–water partition coefficient (Wildman–Crippen LogP) is 2.26. The minimum atomic E-state index is -1.14. The number of ether oxygens (including phenoxy) is 2. The van der Waals surface area contributed by atoms with Gasteiger partial charge < -0.3 is 14.6 Å². The third kappa shape index (κ3) is 7.64. The van der Waals surface area contributed by atoms with Crippen LogP contribution in [0.3, 0.4) is 0 Å². The molecule has 0 unspecified atom stereocenters. The Bertz CT molecular complexity index is 510. The molecule has 0 saturated heterocycles. The number of hydrogen-bond donors (Lipinski definition) is 1. The SMILES string of the molecule is CC=NC(=CN=COCCOCc1ccccc1)C(=O)O. The minimum absolute atomic E-state index is 0.155. The number of carbonyl (C=O) groups is 1. The molecule has 6 nitrogen and oxygen atoms in total. The highest BCUT2D eigenvalue weighted by Crippen LogP contribution is 2.00. The first-order chi connectivity index (χ1) is 10.2. The molecule has 1 N–H and O–H groups in total. The molecule has 0 bridgehead atoms. The van der Waals surface area contributed by atoms with Gasteiger partial charge in [-0.25, -0.2) is 9.79 Å². The van der Waals surface area contributed by atoms with Gasteiger partial charge >= 0.3 is 5.97 Å². The van der Waals surface area contributed by atoms with Gasteiger partial charge in [-0.05, 0) is 12.5 Å². The lowest BCUT2D eigenvalue weighted by Crippen LogP contribution is -2.03. The van der Waals surface area contributed by atoms with Gasteiger partial charge in [-0.2, -0.15) is 0 Å².